The third-order valence-electron chi connectivity index (χ3n) is 5.67. The van der Waals surface area contributed by atoms with E-state index in [-0.39, 0.29) is 5.91 Å². The van der Waals surface area contributed by atoms with Gasteiger partial charge in [0.25, 0.3) is 5.91 Å². The van der Waals surface area contributed by atoms with Crippen LogP contribution in [0.4, 0.5) is 0 Å². The van der Waals surface area contributed by atoms with Gasteiger partial charge in [-0.15, -0.1) is 0 Å². The maximum Gasteiger partial charge on any atom is 0.254 e. The molecular formula is C24H28N4O. The van der Waals surface area contributed by atoms with E-state index in [0.29, 0.717) is 18.2 Å². The van der Waals surface area contributed by atoms with Gasteiger partial charge in [0, 0.05) is 25.3 Å². The average Bonchev–Trinajstić information content (AvgIpc) is 3.26. The van der Waals surface area contributed by atoms with Crippen molar-refractivity contribution in [3.05, 3.63) is 83.7 Å². The molecule has 5 heteroatoms. The molecule has 5 nitrogen and oxygen atoms in total. The highest BCUT2D eigenvalue weighted by Gasteiger charge is 2.18. The van der Waals surface area contributed by atoms with Gasteiger partial charge in [-0.25, -0.2) is 4.68 Å². The lowest BCUT2D eigenvalue weighted by atomic mass is 10.0. The Kier molecular flexibility index (Phi) is 6.06. The number of hydrogen-bond acceptors (Lipinski definition) is 3. The standard InChI is InChI=1S/C24H28N4O/c1-19-7-5-6-14-27(19)17-21-12-10-20(11-13-21)15-25-24(29)22-16-26-28(18-22)23-8-3-2-4-9-23/h2-4,8-13,16,18-19H,5-7,14-15,17H2,1H3,(H,25,29). The molecule has 2 heterocycles. The predicted octanol–water partition coefficient (Wildman–Crippen LogP) is 4.18. The molecular weight excluding hydrogens is 360 g/mol. The van der Waals surface area contributed by atoms with E-state index in [2.05, 4.69) is 46.5 Å². The minimum atomic E-state index is -0.113. The van der Waals surface area contributed by atoms with Crippen molar-refractivity contribution < 1.29 is 4.79 Å². The van der Waals surface area contributed by atoms with Crippen LogP contribution in [0.25, 0.3) is 5.69 Å². The summed E-state index contributed by atoms with van der Waals surface area (Å²) in [6.45, 7) is 5.03. The number of piperidine rings is 1. The summed E-state index contributed by atoms with van der Waals surface area (Å²) >= 11 is 0. The zero-order chi connectivity index (χ0) is 20.1. The zero-order valence-corrected chi connectivity index (χ0v) is 16.9. The smallest absolute Gasteiger partial charge is 0.254 e. The Balaban J connectivity index is 1.31. The van der Waals surface area contributed by atoms with Gasteiger partial charge < -0.3 is 5.32 Å². The molecule has 0 spiro atoms. The molecule has 1 fully saturated rings. The lowest BCUT2D eigenvalue weighted by Gasteiger charge is -2.33. The Morgan fingerprint density at radius 2 is 1.83 bits per heavy atom. The summed E-state index contributed by atoms with van der Waals surface area (Å²) in [6.07, 6.45) is 7.31. The van der Waals surface area contributed by atoms with E-state index in [1.807, 2.05) is 30.3 Å². The summed E-state index contributed by atoms with van der Waals surface area (Å²) in [5.74, 6) is -0.113. The number of nitrogens with one attached hydrogen (secondary N) is 1. The van der Waals surface area contributed by atoms with E-state index in [4.69, 9.17) is 0 Å². The van der Waals surface area contributed by atoms with Crippen molar-refractivity contribution in [1.82, 2.24) is 20.0 Å². The quantitative estimate of drug-likeness (QED) is 0.689. The molecule has 0 saturated carbocycles. The molecule has 1 aliphatic rings. The highest BCUT2D eigenvalue weighted by atomic mass is 16.1. The number of para-hydroxylation sites is 1. The summed E-state index contributed by atoms with van der Waals surface area (Å²) in [6, 6.07) is 19.0. The second kappa shape index (κ2) is 9.05. The van der Waals surface area contributed by atoms with Gasteiger partial charge in [0.2, 0.25) is 0 Å². The van der Waals surface area contributed by atoms with Gasteiger partial charge in [0.1, 0.15) is 0 Å². The van der Waals surface area contributed by atoms with E-state index in [1.165, 1.54) is 31.4 Å². The molecule has 1 unspecified atom stereocenters. The van der Waals surface area contributed by atoms with Crippen molar-refractivity contribution in [2.45, 2.75) is 45.3 Å². The van der Waals surface area contributed by atoms with E-state index in [0.717, 1.165) is 17.8 Å². The van der Waals surface area contributed by atoms with E-state index < -0.39 is 0 Å². The molecule has 1 aromatic heterocycles. The molecule has 0 radical (unpaired) electrons. The van der Waals surface area contributed by atoms with Gasteiger partial charge >= 0.3 is 0 Å². The molecule has 1 N–H and O–H groups in total. The van der Waals surface area contributed by atoms with Crippen LogP contribution in [0.5, 0.6) is 0 Å². The third kappa shape index (κ3) is 4.93. The van der Waals surface area contributed by atoms with Crippen LogP contribution in [-0.2, 0) is 13.1 Å². The van der Waals surface area contributed by atoms with Crippen LogP contribution in [0.15, 0.2) is 67.0 Å². The molecule has 4 rings (SSSR count). The highest BCUT2D eigenvalue weighted by molar-refractivity contribution is 5.93. The summed E-state index contributed by atoms with van der Waals surface area (Å²) in [4.78, 5) is 15.0. The lowest BCUT2D eigenvalue weighted by molar-refractivity contribution is 0.0951. The molecule has 1 atom stereocenters. The Morgan fingerprint density at radius 1 is 1.07 bits per heavy atom. The number of hydrogen-bond donors (Lipinski definition) is 1. The first-order valence-electron chi connectivity index (χ1n) is 10.4. The van der Waals surface area contributed by atoms with Crippen LogP contribution in [-0.4, -0.2) is 33.2 Å². The second-order valence-electron chi connectivity index (χ2n) is 7.82. The van der Waals surface area contributed by atoms with Gasteiger partial charge in [0.05, 0.1) is 17.4 Å². The largest absolute Gasteiger partial charge is 0.348 e. The maximum absolute atomic E-state index is 12.5. The first-order valence-corrected chi connectivity index (χ1v) is 10.4. The molecule has 1 aliphatic heterocycles. The molecule has 1 amide bonds. The molecule has 150 valence electrons. The predicted molar refractivity (Wildman–Crippen MR) is 115 cm³/mol. The van der Waals surface area contributed by atoms with E-state index in [1.54, 1.807) is 17.1 Å². The maximum atomic E-state index is 12.5. The molecule has 0 aliphatic carbocycles. The van der Waals surface area contributed by atoms with Crippen LogP contribution >= 0.6 is 0 Å². The zero-order valence-electron chi connectivity index (χ0n) is 16.9. The Hall–Kier alpha value is -2.92. The van der Waals surface area contributed by atoms with Crippen molar-refractivity contribution in [3.8, 4) is 5.69 Å². The van der Waals surface area contributed by atoms with Crippen molar-refractivity contribution in [1.29, 1.82) is 0 Å². The number of likely N-dealkylation sites (tertiary alicyclic amines) is 1. The molecule has 2 aromatic carbocycles. The molecule has 0 bridgehead atoms. The summed E-state index contributed by atoms with van der Waals surface area (Å²) in [5, 5.41) is 7.27. The van der Waals surface area contributed by atoms with Crippen molar-refractivity contribution >= 4 is 5.91 Å². The summed E-state index contributed by atoms with van der Waals surface area (Å²) in [5.41, 5.74) is 3.93. The lowest BCUT2D eigenvalue weighted by Crippen LogP contribution is -2.36. The van der Waals surface area contributed by atoms with Crippen molar-refractivity contribution in [2.75, 3.05) is 6.54 Å². The second-order valence-corrected chi connectivity index (χ2v) is 7.82. The van der Waals surface area contributed by atoms with Gasteiger partial charge in [0.15, 0.2) is 0 Å². The normalized spacial score (nSPS) is 17.2. The van der Waals surface area contributed by atoms with Crippen molar-refractivity contribution in [3.63, 3.8) is 0 Å². The first-order chi connectivity index (χ1) is 14.2. The van der Waals surface area contributed by atoms with Gasteiger partial charge in [-0.1, -0.05) is 48.9 Å². The van der Waals surface area contributed by atoms with Crippen LogP contribution in [0.2, 0.25) is 0 Å². The topological polar surface area (TPSA) is 50.2 Å². The molecule has 29 heavy (non-hydrogen) atoms. The fraction of sp³-hybridized carbons (Fsp3) is 0.333. The first kappa shape index (κ1) is 19.4. The molecule has 3 aromatic rings. The number of benzene rings is 2. The van der Waals surface area contributed by atoms with Crippen molar-refractivity contribution in [2.24, 2.45) is 0 Å². The number of nitrogens with zero attached hydrogens (tertiary/aromatic N) is 3. The number of carbonyl (C=O) groups is 1. The number of aromatic nitrogens is 2. The number of carbonyl (C=O) groups excluding carboxylic acids is 1. The number of amides is 1. The van der Waals surface area contributed by atoms with E-state index >= 15 is 0 Å². The minimum Gasteiger partial charge on any atom is -0.348 e. The fourth-order valence-corrected chi connectivity index (χ4v) is 3.84. The molecule has 1 saturated heterocycles. The highest BCUT2D eigenvalue weighted by Crippen LogP contribution is 2.19. The summed E-state index contributed by atoms with van der Waals surface area (Å²) < 4.78 is 1.71. The Labute approximate surface area is 172 Å². The monoisotopic (exact) mass is 388 g/mol. The third-order valence-corrected chi connectivity index (χ3v) is 5.67. The minimum absolute atomic E-state index is 0.113. The summed E-state index contributed by atoms with van der Waals surface area (Å²) in [7, 11) is 0. The van der Waals surface area contributed by atoms with Gasteiger partial charge in [-0.05, 0) is 49.6 Å². The fourth-order valence-electron chi connectivity index (χ4n) is 3.84. The average molecular weight is 389 g/mol. The van der Waals surface area contributed by atoms with Crippen LogP contribution in [0.3, 0.4) is 0 Å². The van der Waals surface area contributed by atoms with Crippen LogP contribution < -0.4 is 5.32 Å². The van der Waals surface area contributed by atoms with Gasteiger partial charge in [-0.2, -0.15) is 5.10 Å². The van der Waals surface area contributed by atoms with Crippen LogP contribution in [0, 0.1) is 0 Å². The van der Waals surface area contributed by atoms with Crippen LogP contribution in [0.1, 0.15) is 47.7 Å². The van der Waals surface area contributed by atoms with E-state index in [9.17, 15) is 4.79 Å². The Bertz CT molecular complexity index is 933. The SMILES string of the molecule is CC1CCCCN1Cc1ccc(CNC(=O)c2cnn(-c3ccccc3)c2)cc1. The van der Waals surface area contributed by atoms with Gasteiger partial charge in [-0.3, -0.25) is 9.69 Å². The Morgan fingerprint density at radius 3 is 2.59 bits per heavy atom. The number of rotatable bonds is 6.